The Kier molecular flexibility index (Phi) is 4.88. The van der Waals surface area contributed by atoms with Gasteiger partial charge in [-0.3, -0.25) is 9.48 Å². The minimum absolute atomic E-state index is 0.181. The SMILES string of the molecule is Cc1nn(C)c(C)c1CC(=O)NC(c1ccccc1F)c1nccn1C. The van der Waals surface area contributed by atoms with Gasteiger partial charge in [-0.1, -0.05) is 18.2 Å². The predicted octanol–water partition coefficient (Wildman–Crippen LogP) is 2.36. The topological polar surface area (TPSA) is 64.7 Å². The summed E-state index contributed by atoms with van der Waals surface area (Å²) in [6.07, 6.45) is 3.58. The molecule has 1 aromatic carbocycles. The molecule has 0 fully saturated rings. The molecular weight excluding hydrogens is 333 g/mol. The van der Waals surface area contributed by atoms with Crippen molar-refractivity contribution in [1.29, 1.82) is 0 Å². The van der Waals surface area contributed by atoms with E-state index in [1.54, 1.807) is 39.8 Å². The van der Waals surface area contributed by atoms with E-state index in [1.807, 2.05) is 27.9 Å². The van der Waals surface area contributed by atoms with Gasteiger partial charge < -0.3 is 9.88 Å². The number of hydrogen-bond acceptors (Lipinski definition) is 3. The molecule has 2 heterocycles. The molecular formula is C19H22FN5O. The number of halogens is 1. The lowest BCUT2D eigenvalue weighted by Crippen LogP contribution is -2.33. The summed E-state index contributed by atoms with van der Waals surface area (Å²) in [5.41, 5.74) is 3.03. The lowest BCUT2D eigenvalue weighted by atomic mass is 10.0. The highest BCUT2D eigenvalue weighted by Gasteiger charge is 2.24. The number of aryl methyl sites for hydroxylation is 3. The second-order valence-corrected chi connectivity index (χ2v) is 6.37. The summed E-state index contributed by atoms with van der Waals surface area (Å²) in [5, 5.41) is 7.27. The smallest absolute Gasteiger partial charge is 0.225 e. The van der Waals surface area contributed by atoms with Crippen LogP contribution in [-0.2, 0) is 25.3 Å². The highest BCUT2D eigenvalue weighted by molar-refractivity contribution is 5.80. The number of hydrogen-bond donors (Lipinski definition) is 1. The molecule has 136 valence electrons. The number of rotatable bonds is 5. The monoisotopic (exact) mass is 355 g/mol. The molecule has 1 atom stereocenters. The maximum absolute atomic E-state index is 14.4. The Morgan fingerprint density at radius 2 is 2.00 bits per heavy atom. The zero-order chi connectivity index (χ0) is 18.8. The van der Waals surface area contributed by atoms with Crippen LogP contribution < -0.4 is 5.32 Å². The van der Waals surface area contributed by atoms with Crippen LogP contribution in [0.1, 0.15) is 34.4 Å². The molecule has 0 bridgehead atoms. The summed E-state index contributed by atoms with van der Waals surface area (Å²) >= 11 is 0. The van der Waals surface area contributed by atoms with Gasteiger partial charge >= 0.3 is 0 Å². The first-order valence-corrected chi connectivity index (χ1v) is 8.38. The zero-order valence-electron chi connectivity index (χ0n) is 15.3. The largest absolute Gasteiger partial charge is 0.342 e. The Labute approximate surface area is 151 Å². The van der Waals surface area contributed by atoms with Crippen molar-refractivity contribution < 1.29 is 9.18 Å². The maximum Gasteiger partial charge on any atom is 0.225 e. The average Bonchev–Trinajstić information content (AvgIpc) is 3.12. The fourth-order valence-corrected chi connectivity index (χ4v) is 3.09. The molecule has 0 saturated heterocycles. The third kappa shape index (κ3) is 3.37. The van der Waals surface area contributed by atoms with E-state index in [2.05, 4.69) is 15.4 Å². The first-order valence-electron chi connectivity index (χ1n) is 8.38. The number of nitrogens with one attached hydrogen (secondary N) is 1. The number of carbonyl (C=O) groups excluding carboxylic acids is 1. The lowest BCUT2D eigenvalue weighted by molar-refractivity contribution is -0.121. The third-order valence-electron chi connectivity index (χ3n) is 4.63. The molecule has 0 aliphatic heterocycles. The van der Waals surface area contributed by atoms with Crippen LogP contribution in [-0.4, -0.2) is 25.2 Å². The van der Waals surface area contributed by atoms with E-state index in [4.69, 9.17) is 0 Å². The van der Waals surface area contributed by atoms with Gasteiger partial charge in [0.1, 0.15) is 17.7 Å². The van der Waals surface area contributed by atoms with Gasteiger partial charge in [0.25, 0.3) is 0 Å². The molecule has 1 unspecified atom stereocenters. The van der Waals surface area contributed by atoms with E-state index in [0.29, 0.717) is 11.4 Å². The van der Waals surface area contributed by atoms with Gasteiger partial charge in [-0.2, -0.15) is 5.10 Å². The van der Waals surface area contributed by atoms with Gasteiger partial charge in [0.15, 0.2) is 0 Å². The van der Waals surface area contributed by atoms with Crippen molar-refractivity contribution in [3.8, 4) is 0 Å². The second kappa shape index (κ2) is 7.11. The van der Waals surface area contributed by atoms with Crippen molar-refractivity contribution in [3.63, 3.8) is 0 Å². The van der Waals surface area contributed by atoms with Crippen LogP contribution in [0.2, 0.25) is 0 Å². The molecule has 0 spiro atoms. The molecule has 1 N–H and O–H groups in total. The molecule has 0 radical (unpaired) electrons. The quantitative estimate of drug-likeness (QED) is 0.764. The average molecular weight is 355 g/mol. The van der Waals surface area contributed by atoms with Crippen LogP contribution in [0, 0.1) is 19.7 Å². The number of amides is 1. The van der Waals surface area contributed by atoms with Crippen LogP contribution >= 0.6 is 0 Å². The summed E-state index contributed by atoms with van der Waals surface area (Å²) < 4.78 is 17.9. The van der Waals surface area contributed by atoms with Gasteiger partial charge in [-0.05, 0) is 19.9 Å². The van der Waals surface area contributed by atoms with Crippen molar-refractivity contribution >= 4 is 5.91 Å². The Morgan fingerprint density at radius 1 is 1.27 bits per heavy atom. The predicted molar refractivity (Wildman–Crippen MR) is 96.0 cm³/mol. The fraction of sp³-hybridized carbons (Fsp3) is 0.316. The molecule has 6 nitrogen and oxygen atoms in total. The first-order chi connectivity index (χ1) is 12.4. The molecule has 0 saturated carbocycles. The highest BCUT2D eigenvalue weighted by Crippen LogP contribution is 2.23. The molecule has 7 heteroatoms. The van der Waals surface area contributed by atoms with E-state index in [1.165, 1.54) is 6.07 Å². The summed E-state index contributed by atoms with van der Waals surface area (Å²) in [6.45, 7) is 3.80. The van der Waals surface area contributed by atoms with E-state index in [0.717, 1.165) is 17.0 Å². The van der Waals surface area contributed by atoms with Crippen molar-refractivity contribution in [2.75, 3.05) is 0 Å². The Balaban J connectivity index is 1.90. The number of benzene rings is 1. The van der Waals surface area contributed by atoms with Gasteiger partial charge in [-0.25, -0.2) is 9.37 Å². The highest BCUT2D eigenvalue weighted by atomic mass is 19.1. The van der Waals surface area contributed by atoms with Crippen LogP contribution in [0.25, 0.3) is 0 Å². The van der Waals surface area contributed by atoms with Crippen LogP contribution in [0.5, 0.6) is 0 Å². The standard InChI is InChI=1S/C19H22FN5O/c1-12-15(13(2)25(4)23-12)11-17(26)22-18(19-21-9-10-24(19)3)14-7-5-6-8-16(14)20/h5-10,18H,11H2,1-4H3,(H,22,26). The molecule has 2 aromatic heterocycles. The summed E-state index contributed by atoms with van der Waals surface area (Å²) in [6, 6.07) is 5.75. The summed E-state index contributed by atoms with van der Waals surface area (Å²) in [7, 11) is 3.66. The van der Waals surface area contributed by atoms with Gasteiger partial charge in [-0.15, -0.1) is 0 Å². The summed E-state index contributed by atoms with van der Waals surface area (Å²) in [5.74, 6) is -0.0157. The molecule has 3 rings (SSSR count). The number of carbonyl (C=O) groups is 1. The van der Waals surface area contributed by atoms with Crippen molar-refractivity contribution in [2.24, 2.45) is 14.1 Å². The van der Waals surface area contributed by atoms with E-state index in [9.17, 15) is 9.18 Å². The summed E-state index contributed by atoms with van der Waals surface area (Å²) in [4.78, 5) is 17.0. The van der Waals surface area contributed by atoms with Crippen LogP contribution in [0.15, 0.2) is 36.7 Å². The van der Waals surface area contributed by atoms with E-state index < -0.39 is 6.04 Å². The first kappa shape index (κ1) is 17.8. The van der Waals surface area contributed by atoms with E-state index >= 15 is 0 Å². The number of imidazole rings is 1. The van der Waals surface area contributed by atoms with Crippen LogP contribution in [0.4, 0.5) is 4.39 Å². The van der Waals surface area contributed by atoms with Crippen molar-refractivity contribution in [2.45, 2.75) is 26.3 Å². The fourth-order valence-electron chi connectivity index (χ4n) is 3.09. The Hall–Kier alpha value is -2.96. The second-order valence-electron chi connectivity index (χ2n) is 6.37. The molecule has 26 heavy (non-hydrogen) atoms. The van der Waals surface area contributed by atoms with E-state index in [-0.39, 0.29) is 18.1 Å². The molecule has 3 aromatic rings. The molecule has 0 aliphatic rings. The number of aromatic nitrogens is 4. The molecule has 1 amide bonds. The van der Waals surface area contributed by atoms with Gasteiger partial charge in [0.2, 0.25) is 5.91 Å². The number of nitrogens with zero attached hydrogens (tertiary/aromatic N) is 4. The minimum Gasteiger partial charge on any atom is -0.342 e. The zero-order valence-corrected chi connectivity index (χ0v) is 15.3. The Morgan fingerprint density at radius 3 is 2.58 bits per heavy atom. The normalized spacial score (nSPS) is 12.2. The van der Waals surface area contributed by atoms with Gasteiger partial charge in [0.05, 0.1) is 12.1 Å². The maximum atomic E-state index is 14.4. The minimum atomic E-state index is -0.666. The van der Waals surface area contributed by atoms with Crippen molar-refractivity contribution in [1.82, 2.24) is 24.6 Å². The van der Waals surface area contributed by atoms with Crippen LogP contribution in [0.3, 0.4) is 0 Å². The Bertz CT molecular complexity index is 943. The van der Waals surface area contributed by atoms with Crippen molar-refractivity contribution in [3.05, 3.63) is 70.8 Å². The van der Waals surface area contributed by atoms with Gasteiger partial charge in [0, 0.05) is 43.3 Å². The lowest BCUT2D eigenvalue weighted by Gasteiger charge is -2.20. The third-order valence-corrected chi connectivity index (χ3v) is 4.63. The molecule has 0 aliphatic carbocycles.